The molecule has 2 amide bonds. The lowest BCUT2D eigenvalue weighted by Crippen LogP contribution is -2.50. The Morgan fingerprint density at radius 3 is 2.45 bits per heavy atom. The van der Waals surface area contributed by atoms with Gasteiger partial charge in [0.25, 0.3) is 5.91 Å². The summed E-state index contributed by atoms with van der Waals surface area (Å²) in [6, 6.07) is 18.0. The lowest BCUT2D eigenvalue weighted by molar-refractivity contribution is -0.142. The summed E-state index contributed by atoms with van der Waals surface area (Å²) >= 11 is 12.2. The Labute approximate surface area is 204 Å². The number of fused-ring (bicyclic) bond motifs is 1. The number of benzene rings is 3. The standard InChI is InChI=1S/C26H28Cl2N2O3/c1-4-17(2)29-26(32)18(3)30(15-19-12-13-22(27)23(28)14-19)25(31)16-33-24-11-7-9-20-8-5-6-10-21(20)24/h5-14,17-18H,4,15-16H2,1-3H3,(H,29,32)/t17-,18-/m0/s1. The predicted molar refractivity (Wildman–Crippen MR) is 134 cm³/mol. The van der Waals surface area contributed by atoms with Gasteiger partial charge >= 0.3 is 0 Å². The fourth-order valence-electron chi connectivity index (χ4n) is 3.43. The number of nitrogens with zero attached hydrogens (tertiary/aromatic N) is 1. The number of hydrogen-bond donors (Lipinski definition) is 1. The van der Waals surface area contributed by atoms with Crippen LogP contribution in [0.15, 0.2) is 60.7 Å². The number of ether oxygens (including phenoxy) is 1. The van der Waals surface area contributed by atoms with Gasteiger partial charge in [0.15, 0.2) is 6.61 Å². The van der Waals surface area contributed by atoms with Crippen LogP contribution < -0.4 is 10.1 Å². The van der Waals surface area contributed by atoms with E-state index in [9.17, 15) is 9.59 Å². The van der Waals surface area contributed by atoms with Gasteiger partial charge < -0.3 is 15.0 Å². The van der Waals surface area contributed by atoms with E-state index in [4.69, 9.17) is 27.9 Å². The van der Waals surface area contributed by atoms with Crippen LogP contribution in [0.1, 0.15) is 32.8 Å². The number of carbonyl (C=O) groups is 2. The SMILES string of the molecule is CC[C@H](C)NC(=O)[C@H](C)N(Cc1ccc(Cl)c(Cl)c1)C(=O)COc1cccc2ccccc12. The number of hydrogen-bond acceptors (Lipinski definition) is 3. The summed E-state index contributed by atoms with van der Waals surface area (Å²) < 4.78 is 5.90. The molecule has 3 rings (SSSR count). The van der Waals surface area contributed by atoms with Crippen molar-refractivity contribution in [3.63, 3.8) is 0 Å². The quantitative estimate of drug-likeness (QED) is 0.412. The highest BCUT2D eigenvalue weighted by Crippen LogP contribution is 2.26. The summed E-state index contributed by atoms with van der Waals surface area (Å²) in [5.41, 5.74) is 0.770. The van der Waals surface area contributed by atoms with Gasteiger partial charge in [-0.25, -0.2) is 0 Å². The van der Waals surface area contributed by atoms with Crippen LogP contribution in [0.5, 0.6) is 5.75 Å². The van der Waals surface area contributed by atoms with E-state index < -0.39 is 6.04 Å². The molecule has 5 nitrogen and oxygen atoms in total. The molecule has 3 aromatic carbocycles. The second-order valence-corrected chi connectivity index (χ2v) is 8.84. The zero-order valence-electron chi connectivity index (χ0n) is 19.0. The van der Waals surface area contributed by atoms with Gasteiger partial charge in [0, 0.05) is 18.0 Å². The molecule has 0 aromatic heterocycles. The second-order valence-electron chi connectivity index (χ2n) is 8.03. The van der Waals surface area contributed by atoms with Gasteiger partial charge in [-0.1, -0.05) is 72.6 Å². The molecule has 7 heteroatoms. The lowest BCUT2D eigenvalue weighted by atomic mass is 10.1. The molecule has 0 aliphatic heterocycles. The summed E-state index contributed by atoms with van der Waals surface area (Å²) in [4.78, 5) is 27.6. The van der Waals surface area contributed by atoms with Crippen molar-refractivity contribution in [1.82, 2.24) is 10.2 Å². The highest BCUT2D eigenvalue weighted by Gasteiger charge is 2.27. The van der Waals surface area contributed by atoms with E-state index in [1.54, 1.807) is 25.1 Å². The molecule has 0 unspecified atom stereocenters. The zero-order valence-corrected chi connectivity index (χ0v) is 20.5. The van der Waals surface area contributed by atoms with Crippen molar-refractivity contribution in [2.75, 3.05) is 6.61 Å². The van der Waals surface area contributed by atoms with Crippen LogP contribution in [0.2, 0.25) is 10.0 Å². The van der Waals surface area contributed by atoms with E-state index in [1.165, 1.54) is 4.90 Å². The minimum atomic E-state index is -0.697. The maximum absolute atomic E-state index is 13.3. The molecule has 0 radical (unpaired) electrons. The molecule has 0 bridgehead atoms. The summed E-state index contributed by atoms with van der Waals surface area (Å²) in [5, 5.41) is 5.72. The third-order valence-corrected chi connectivity index (χ3v) is 6.35. The van der Waals surface area contributed by atoms with E-state index in [0.29, 0.717) is 15.8 Å². The summed E-state index contributed by atoms with van der Waals surface area (Å²) in [7, 11) is 0. The molecule has 174 valence electrons. The van der Waals surface area contributed by atoms with E-state index in [-0.39, 0.29) is 31.0 Å². The summed E-state index contributed by atoms with van der Waals surface area (Å²) in [6.45, 7) is 5.64. The topological polar surface area (TPSA) is 58.6 Å². The molecular weight excluding hydrogens is 459 g/mol. The smallest absolute Gasteiger partial charge is 0.261 e. The van der Waals surface area contributed by atoms with Crippen LogP contribution in [0.3, 0.4) is 0 Å². The first kappa shape index (κ1) is 24.9. The molecule has 0 heterocycles. The van der Waals surface area contributed by atoms with Crippen LogP contribution in [0.4, 0.5) is 0 Å². The molecule has 0 spiro atoms. The van der Waals surface area contributed by atoms with Crippen molar-refractivity contribution >= 4 is 45.8 Å². The van der Waals surface area contributed by atoms with Crippen LogP contribution in [0.25, 0.3) is 10.8 Å². The van der Waals surface area contributed by atoms with Crippen LogP contribution in [-0.4, -0.2) is 35.4 Å². The van der Waals surface area contributed by atoms with E-state index in [1.807, 2.05) is 56.3 Å². The monoisotopic (exact) mass is 486 g/mol. The summed E-state index contributed by atoms with van der Waals surface area (Å²) in [6.07, 6.45) is 0.795. The second kappa shape index (κ2) is 11.4. The Bertz CT molecular complexity index is 1130. The van der Waals surface area contributed by atoms with Gasteiger partial charge in [-0.2, -0.15) is 0 Å². The highest BCUT2D eigenvalue weighted by molar-refractivity contribution is 6.42. The maximum atomic E-state index is 13.3. The molecule has 0 fully saturated rings. The molecular formula is C26H28Cl2N2O3. The molecule has 2 atom stereocenters. The van der Waals surface area contributed by atoms with E-state index in [2.05, 4.69) is 5.32 Å². The molecule has 1 N–H and O–H groups in total. The normalized spacial score (nSPS) is 12.8. The third-order valence-electron chi connectivity index (χ3n) is 5.61. The fourth-order valence-corrected chi connectivity index (χ4v) is 3.75. The average Bonchev–Trinajstić information content (AvgIpc) is 2.82. The first-order chi connectivity index (χ1) is 15.8. The fraction of sp³-hybridized carbons (Fsp3) is 0.308. The van der Waals surface area contributed by atoms with Crippen molar-refractivity contribution in [2.45, 2.75) is 45.8 Å². The van der Waals surface area contributed by atoms with Crippen LogP contribution in [0, 0.1) is 0 Å². The Kier molecular flexibility index (Phi) is 8.59. The Balaban J connectivity index is 1.81. The highest BCUT2D eigenvalue weighted by atomic mass is 35.5. The molecule has 0 aliphatic rings. The average molecular weight is 487 g/mol. The minimum absolute atomic E-state index is 0.00816. The number of nitrogens with one attached hydrogen (secondary N) is 1. The van der Waals surface area contributed by atoms with Gasteiger partial charge in [-0.3, -0.25) is 9.59 Å². The maximum Gasteiger partial charge on any atom is 0.261 e. The minimum Gasteiger partial charge on any atom is -0.483 e. The van der Waals surface area contributed by atoms with Gasteiger partial charge in [0.1, 0.15) is 11.8 Å². The van der Waals surface area contributed by atoms with Crippen molar-refractivity contribution in [1.29, 1.82) is 0 Å². The zero-order chi connectivity index (χ0) is 24.0. The van der Waals surface area contributed by atoms with Crippen molar-refractivity contribution < 1.29 is 14.3 Å². The number of carbonyl (C=O) groups excluding carboxylic acids is 2. The Hall–Kier alpha value is -2.76. The van der Waals surface area contributed by atoms with Crippen molar-refractivity contribution in [2.24, 2.45) is 0 Å². The Morgan fingerprint density at radius 2 is 1.73 bits per heavy atom. The molecule has 0 saturated heterocycles. The first-order valence-corrected chi connectivity index (χ1v) is 11.7. The Morgan fingerprint density at radius 1 is 1.00 bits per heavy atom. The van der Waals surface area contributed by atoms with Gasteiger partial charge in [0.05, 0.1) is 10.0 Å². The number of amides is 2. The van der Waals surface area contributed by atoms with Crippen LogP contribution >= 0.6 is 23.2 Å². The molecule has 0 saturated carbocycles. The van der Waals surface area contributed by atoms with Gasteiger partial charge in [-0.05, 0) is 49.4 Å². The molecule has 0 aliphatic carbocycles. The van der Waals surface area contributed by atoms with E-state index >= 15 is 0 Å². The third kappa shape index (κ3) is 6.40. The van der Waals surface area contributed by atoms with Crippen molar-refractivity contribution in [3.05, 3.63) is 76.3 Å². The summed E-state index contributed by atoms with van der Waals surface area (Å²) in [5.74, 6) is 0.0939. The van der Waals surface area contributed by atoms with Crippen LogP contribution in [-0.2, 0) is 16.1 Å². The van der Waals surface area contributed by atoms with E-state index in [0.717, 1.165) is 22.8 Å². The van der Waals surface area contributed by atoms with Crippen molar-refractivity contribution in [3.8, 4) is 5.75 Å². The predicted octanol–water partition coefficient (Wildman–Crippen LogP) is 5.86. The first-order valence-electron chi connectivity index (χ1n) is 10.9. The van der Waals surface area contributed by atoms with Gasteiger partial charge in [0.2, 0.25) is 5.91 Å². The molecule has 3 aromatic rings. The van der Waals surface area contributed by atoms with Gasteiger partial charge in [-0.15, -0.1) is 0 Å². The molecule has 33 heavy (non-hydrogen) atoms. The largest absolute Gasteiger partial charge is 0.483 e. The number of rotatable bonds is 9. The lowest BCUT2D eigenvalue weighted by Gasteiger charge is -2.29. The number of halogens is 2.